The fourth-order valence-electron chi connectivity index (χ4n) is 1.17. The van der Waals surface area contributed by atoms with Crippen molar-refractivity contribution in [2.45, 2.75) is 0 Å². The van der Waals surface area contributed by atoms with Gasteiger partial charge in [0.15, 0.2) is 0 Å². The molecule has 12 heavy (non-hydrogen) atoms. The summed E-state index contributed by atoms with van der Waals surface area (Å²) in [6.07, 6.45) is 3.62. The number of rotatable bonds is 1. The Hall–Kier alpha value is -1.44. The number of hydrogen-bond acceptors (Lipinski definition) is 1. The van der Waals surface area contributed by atoms with Crippen LogP contribution in [-0.2, 0) is 0 Å². The molecule has 2 aromatic heterocycles. The molecule has 0 saturated heterocycles. The van der Waals surface area contributed by atoms with Gasteiger partial charge in [0.2, 0.25) is 0 Å². The first-order valence-electron chi connectivity index (χ1n) is 3.92. The van der Waals surface area contributed by atoms with E-state index in [1.807, 2.05) is 42.6 Å². The van der Waals surface area contributed by atoms with Crippen molar-refractivity contribution in [2.24, 2.45) is 0 Å². The first kappa shape index (κ1) is 7.23. The molecule has 0 spiro atoms. The van der Waals surface area contributed by atoms with Gasteiger partial charge in [0, 0.05) is 0 Å². The summed E-state index contributed by atoms with van der Waals surface area (Å²) >= 11 is 0. The van der Waals surface area contributed by atoms with Crippen LogP contribution < -0.4 is 0 Å². The summed E-state index contributed by atoms with van der Waals surface area (Å²) in [5.74, 6) is 2.04. The second-order valence-electron chi connectivity index (χ2n) is 2.60. The van der Waals surface area contributed by atoms with E-state index >= 15 is 0 Å². The molecule has 0 aliphatic rings. The van der Waals surface area contributed by atoms with Crippen molar-refractivity contribution in [3.05, 3.63) is 48.7 Å². The molecular formula is C10H8BN. The molecule has 56 valence electrons. The topological polar surface area (TPSA) is 12.9 Å². The van der Waals surface area contributed by atoms with E-state index in [0.717, 1.165) is 0 Å². The van der Waals surface area contributed by atoms with Crippen LogP contribution in [0.25, 0.3) is 11.0 Å². The molecule has 0 aromatic carbocycles. The fraction of sp³-hybridized carbons (Fsp3) is 0. The molecule has 0 saturated carbocycles. The second kappa shape index (κ2) is 3.31. The van der Waals surface area contributed by atoms with Gasteiger partial charge in [-0.3, -0.25) is 0 Å². The second-order valence-corrected chi connectivity index (χ2v) is 2.60. The van der Waals surface area contributed by atoms with E-state index in [2.05, 4.69) is 18.0 Å². The summed E-state index contributed by atoms with van der Waals surface area (Å²) < 4.78 is 0. The van der Waals surface area contributed by atoms with Crippen LogP contribution >= 0.6 is 0 Å². The van der Waals surface area contributed by atoms with Crippen molar-refractivity contribution in [1.29, 1.82) is 0 Å². The fourth-order valence-corrected chi connectivity index (χ4v) is 1.17. The van der Waals surface area contributed by atoms with E-state index in [4.69, 9.17) is 0 Å². The van der Waals surface area contributed by atoms with Crippen LogP contribution in [-0.4, -0.2) is 11.9 Å². The Kier molecular flexibility index (Phi) is 1.99. The maximum absolute atomic E-state index is 3.97. The minimum atomic E-state index is 1.21. The molecule has 2 rings (SSSR count). The molecule has 0 unspecified atom stereocenters. The molecular weight excluding hydrogens is 145 g/mol. The van der Waals surface area contributed by atoms with E-state index in [1.54, 1.807) is 0 Å². The quantitative estimate of drug-likeness (QED) is 0.611. The van der Waals surface area contributed by atoms with Crippen LogP contribution in [0.3, 0.4) is 0 Å². The Morgan fingerprint density at radius 2 is 1.83 bits per heavy atom. The third-order valence-corrected chi connectivity index (χ3v) is 1.79. The SMILES string of the molecule is b1ccccc1-c1ccncc1. The molecule has 0 radical (unpaired) electrons. The van der Waals surface area contributed by atoms with Crippen LogP contribution in [0.5, 0.6) is 0 Å². The van der Waals surface area contributed by atoms with Gasteiger partial charge in [0.1, 0.15) is 0 Å². The van der Waals surface area contributed by atoms with Crippen molar-refractivity contribution in [3.8, 4) is 11.0 Å². The average Bonchev–Trinajstić information content (AvgIpc) is 2.21. The van der Waals surface area contributed by atoms with Crippen molar-refractivity contribution in [2.75, 3.05) is 0 Å². The Balaban J connectivity index is 2.46. The van der Waals surface area contributed by atoms with Crippen LogP contribution in [0.1, 0.15) is 0 Å². The first-order chi connectivity index (χ1) is 5.97. The molecule has 0 aliphatic carbocycles. The van der Waals surface area contributed by atoms with E-state index in [1.165, 1.54) is 11.0 Å². The van der Waals surface area contributed by atoms with Gasteiger partial charge in [0.05, 0.1) is 0 Å². The van der Waals surface area contributed by atoms with E-state index in [0.29, 0.717) is 0 Å². The summed E-state index contributed by atoms with van der Waals surface area (Å²) in [6.45, 7) is 2.09. The maximum atomic E-state index is 3.97. The van der Waals surface area contributed by atoms with Gasteiger partial charge in [-0.1, -0.05) is 0 Å². The van der Waals surface area contributed by atoms with Crippen molar-refractivity contribution < 1.29 is 0 Å². The Morgan fingerprint density at radius 1 is 1.00 bits per heavy atom. The standard InChI is InChI=1S/C10H8BN/c1-2-6-11-10(3-1)9-4-7-12-8-5-9/h1-8H. The molecule has 0 N–H and O–H groups in total. The first-order valence-corrected chi connectivity index (χ1v) is 3.92. The van der Waals surface area contributed by atoms with Gasteiger partial charge >= 0.3 is 71.6 Å². The third-order valence-electron chi connectivity index (χ3n) is 1.79. The summed E-state index contributed by atoms with van der Waals surface area (Å²) in [7, 11) is 0. The van der Waals surface area contributed by atoms with E-state index in [-0.39, 0.29) is 0 Å². The van der Waals surface area contributed by atoms with Gasteiger partial charge in [-0.25, -0.2) is 0 Å². The zero-order valence-corrected chi connectivity index (χ0v) is 6.64. The molecule has 0 amide bonds. The van der Waals surface area contributed by atoms with Gasteiger partial charge in [-0.15, -0.1) is 0 Å². The molecule has 1 nitrogen and oxygen atoms in total. The number of aromatic nitrogens is 1. The minimum absolute atomic E-state index is 1.21. The van der Waals surface area contributed by atoms with E-state index in [9.17, 15) is 0 Å². The number of nitrogens with zero attached hydrogens (tertiary/aromatic N) is 1. The van der Waals surface area contributed by atoms with Crippen LogP contribution in [0, 0.1) is 0 Å². The molecule has 2 heterocycles. The van der Waals surface area contributed by atoms with Gasteiger partial charge < -0.3 is 0 Å². The normalized spacial score (nSPS) is 9.33. The Labute approximate surface area is 72.3 Å². The predicted molar refractivity (Wildman–Crippen MR) is 51.0 cm³/mol. The van der Waals surface area contributed by atoms with Crippen molar-refractivity contribution in [1.82, 2.24) is 4.98 Å². The molecule has 0 bridgehead atoms. The van der Waals surface area contributed by atoms with Crippen molar-refractivity contribution in [3.63, 3.8) is 0 Å². The predicted octanol–water partition coefficient (Wildman–Crippen LogP) is 2.09. The van der Waals surface area contributed by atoms with Gasteiger partial charge in [-0.05, 0) is 0 Å². The number of hydrogen-bond donors (Lipinski definition) is 0. The number of pyridine rings is 1. The summed E-state index contributed by atoms with van der Waals surface area (Å²) in [6, 6.07) is 10.2. The zero-order valence-electron chi connectivity index (χ0n) is 6.64. The van der Waals surface area contributed by atoms with Gasteiger partial charge in [-0.2, -0.15) is 0 Å². The van der Waals surface area contributed by atoms with Gasteiger partial charge in [0.25, 0.3) is 0 Å². The summed E-state index contributed by atoms with van der Waals surface area (Å²) in [5.41, 5.74) is 2.45. The van der Waals surface area contributed by atoms with E-state index < -0.39 is 0 Å². The molecule has 2 heteroatoms. The van der Waals surface area contributed by atoms with Crippen molar-refractivity contribution >= 4 is 6.91 Å². The zero-order chi connectivity index (χ0) is 8.23. The molecule has 0 fully saturated rings. The molecule has 0 atom stereocenters. The average molecular weight is 153 g/mol. The Morgan fingerprint density at radius 3 is 2.50 bits per heavy atom. The molecule has 2 aromatic rings. The summed E-state index contributed by atoms with van der Waals surface area (Å²) in [4.78, 5) is 3.97. The monoisotopic (exact) mass is 153 g/mol. The Bertz CT molecular complexity index is 307. The van der Waals surface area contributed by atoms with Crippen LogP contribution in [0.2, 0.25) is 0 Å². The summed E-state index contributed by atoms with van der Waals surface area (Å²) in [5, 5.41) is 0. The van der Waals surface area contributed by atoms with Crippen LogP contribution in [0.15, 0.2) is 48.7 Å². The third kappa shape index (κ3) is 1.42. The van der Waals surface area contributed by atoms with Crippen LogP contribution in [0.4, 0.5) is 0 Å². The molecule has 0 aliphatic heterocycles.